The van der Waals surface area contributed by atoms with Gasteiger partial charge in [0.05, 0.1) is 25.7 Å². The molecule has 0 radical (unpaired) electrons. The molecule has 2 aromatic heterocycles. The van der Waals surface area contributed by atoms with E-state index in [4.69, 9.17) is 0 Å². The fourth-order valence-electron chi connectivity index (χ4n) is 3.57. The molecule has 1 N–H and O–H groups in total. The van der Waals surface area contributed by atoms with Gasteiger partial charge in [0.1, 0.15) is 11.7 Å². The van der Waals surface area contributed by atoms with E-state index in [9.17, 15) is 9.59 Å². The summed E-state index contributed by atoms with van der Waals surface area (Å²) in [4.78, 5) is 30.9. The van der Waals surface area contributed by atoms with E-state index in [0.29, 0.717) is 42.3 Å². The number of hydrogen-bond acceptors (Lipinski definition) is 5. The van der Waals surface area contributed by atoms with E-state index >= 15 is 0 Å². The maximum atomic E-state index is 12.9. The molecule has 0 aliphatic heterocycles. The number of carbonyl (C=O) groups is 1. The lowest BCUT2D eigenvalue weighted by molar-refractivity contribution is -0.120. The van der Waals surface area contributed by atoms with Gasteiger partial charge in [0.2, 0.25) is 5.91 Å². The van der Waals surface area contributed by atoms with Crippen LogP contribution in [0.4, 0.5) is 0 Å². The number of halogens is 1. The highest BCUT2D eigenvalue weighted by atomic mass is 79.9. The first kappa shape index (κ1) is 24.2. The van der Waals surface area contributed by atoms with Crippen molar-refractivity contribution in [3.63, 3.8) is 0 Å². The molecule has 0 bridgehead atoms. The summed E-state index contributed by atoms with van der Waals surface area (Å²) in [6, 6.07) is 15.9. The summed E-state index contributed by atoms with van der Waals surface area (Å²) in [6.07, 6.45) is 3.41. The molecule has 2 aromatic carbocycles. The van der Waals surface area contributed by atoms with Crippen LogP contribution in [0.15, 0.2) is 75.2 Å². The van der Waals surface area contributed by atoms with Crippen molar-refractivity contribution in [1.29, 1.82) is 0 Å². The first-order chi connectivity index (χ1) is 16.4. The van der Waals surface area contributed by atoms with Crippen LogP contribution >= 0.6 is 27.7 Å². The number of rotatable bonds is 9. The van der Waals surface area contributed by atoms with E-state index < -0.39 is 0 Å². The lowest BCUT2D eigenvalue weighted by Gasteiger charge is -2.08. The summed E-state index contributed by atoms with van der Waals surface area (Å²) >= 11 is 5.22. The lowest BCUT2D eigenvalue weighted by Crippen LogP contribution is -2.29. The topological polar surface area (TPSA) is 81.8 Å². The van der Waals surface area contributed by atoms with Gasteiger partial charge in [-0.05, 0) is 35.4 Å². The van der Waals surface area contributed by atoms with Crippen LogP contribution in [0.25, 0.3) is 11.0 Å². The van der Waals surface area contributed by atoms with Crippen LogP contribution in [-0.2, 0) is 24.3 Å². The zero-order chi connectivity index (χ0) is 24.1. The van der Waals surface area contributed by atoms with Gasteiger partial charge >= 0.3 is 0 Å². The van der Waals surface area contributed by atoms with E-state index in [1.165, 1.54) is 4.90 Å². The van der Waals surface area contributed by atoms with Crippen molar-refractivity contribution in [2.75, 3.05) is 6.54 Å². The Morgan fingerprint density at radius 2 is 1.79 bits per heavy atom. The Labute approximate surface area is 210 Å². The largest absolute Gasteiger partial charge is 0.354 e. The highest BCUT2D eigenvalue weighted by Crippen LogP contribution is 2.23. The van der Waals surface area contributed by atoms with Crippen LogP contribution in [-0.4, -0.2) is 37.0 Å². The number of nitrogens with zero attached hydrogens (tertiary/aromatic N) is 4. The van der Waals surface area contributed by atoms with Gasteiger partial charge in [-0.1, -0.05) is 54.0 Å². The second kappa shape index (κ2) is 11.0. The Morgan fingerprint density at radius 3 is 2.50 bits per heavy atom. The van der Waals surface area contributed by atoms with Crippen molar-refractivity contribution in [1.82, 2.24) is 24.6 Å². The fourth-order valence-corrected chi connectivity index (χ4v) is 4.67. The molecule has 2 heterocycles. The number of carbonyl (C=O) groups excluding carboxylic acids is 1. The number of nitrogens with one attached hydrogen (secondary N) is 1. The molecule has 0 saturated carbocycles. The standard InChI is InChI=1S/C25H26BrN5O2S/c1-17(2)34-21-9-5-18(6-10-21)13-23(32)27-11-12-31-24-22(14-29-31)25(33)30(16-28-24)15-19-3-7-20(26)8-4-19/h3-10,14,16-17H,11-13,15H2,1-2H3,(H,27,32). The highest BCUT2D eigenvalue weighted by molar-refractivity contribution is 9.10. The molecular formula is C25H26BrN5O2S. The molecule has 0 saturated heterocycles. The molecule has 4 rings (SSSR count). The van der Waals surface area contributed by atoms with Crippen LogP contribution in [0, 0.1) is 0 Å². The molecule has 9 heteroatoms. The molecule has 176 valence electrons. The third-order valence-electron chi connectivity index (χ3n) is 5.19. The van der Waals surface area contributed by atoms with Crippen LogP contribution in [0.3, 0.4) is 0 Å². The van der Waals surface area contributed by atoms with Crippen molar-refractivity contribution >= 4 is 44.6 Å². The maximum Gasteiger partial charge on any atom is 0.264 e. The Balaban J connectivity index is 1.33. The summed E-state index contributed by atoms with van der Waals surface area (Å²) in [5, 5.41) is 8.22. The monoisotopic (exact) mass is 539 g/mol. The van der Waals surface area contributed by atoms with Crippen LogP contribution in [0.5, 0.6) is 0 Å². The van der Waals surface area contributed by atoms with Crippen molar-refractivity contribution in [3.8, 4) is 0 Å². The summed E-state index contributed by atoms with van der Waals surface area (Å²) in [5.41, 5.74) is 2.37. The molecule has 0 aliphatic rings. The van der Waals surface area contributed by atoms with Crippen molar-refractivity contribution in [2.24, 2.45) is 0 Å². The summed E-state index contributed by atoms with van der Waals surface area (Å²) in [5.74, 6) is -0.0504. The Bertz CT molecular complexity index is 1330. The Hall–Kier alpha value is -2.91. The molecule has 0 atom stereocenters. The third-order valence-corrected chi connectivity index (χ3v) is 6.74. The van der Waals surface area contributed by atoms with Crippen LogP contribution < -0.4 is 10.9 Å². The minimum Gasteiger partial charge on any atom is -0.354 e. The SMILES string of the molecule is CC(C)Sc1ccc(CC(=O)NCCn2ncc3c(=O)n(Cc4ccc(Br)cc4)cnc32)cc1. The quantitative estimate of drug-likeness (QED) is 0.321. The fraction of sp³-hybridized carbons (Fsp3) is 0.280. The predicted octanol–water partition coefficient (Wildman–Crippen LogP) is 4.26. The molecule has 7 nitrogen and oxygen atoms in total. The summed E-state index contributed by atoms with van der Waals surface area (Å²) in [7, 11) is 0. The second-order valence-electron chi connectivity index (χ2n) is 8.25. The van der Waals surface area contributed by atoms with E-state index in [0.717, 1.165) is 15.6 Å². The molecular weight excluding hydrogens is 514 g/mol. The molecule has 1 amide bonds. The zero-order valence-corrected chi connectivity index (χ0v) is 21.5. The van der Waals surface area contributed by atoms with E-state index in [-0.39, 0.29) is 11.5 Å². The second-order valence-corrected chi connectivity index (χ2v) is 10.8. The van der Waals surface area contributed by atoms with Gasteiger partial charge in [-0.15, -0.1) is 11.8 Å². The zero-order valence-electron chi connectivity index (χ0n) is 19.1. The van der Waals surface area contributed by atoms with Crippen LogP contribution in [0.2, 0.25) is 0 Å². The number of aromatic nitrogens is 4. The molecule has 0 fully saturated rings. The van der Waals surface area contributed by atoms with E-state index in [1.807, 2.05) is 36.4 Å². The van der Waals surface area contributed by atoms with Crippen molar-refractivity contribution < 1.29 is 4.79 Å². The maximum absolute atomic E-state index is 12.9. The number of amides is 1. The molecule has 4 aromatic rings. The van der Waals surface area contributed by atoms with Crippen molar-refractivity contribution in [3.05, 3.63) is 87.0 Å². The molecule has 0 unspecified atom stereocenters. The van der Waals surface area contributed by atoms with Gasteiger partial charge in [-0.3, -0.25) is 14.2 Å². The lowest BCUT2D eigenvalue weighted by atomic mass is 10.1. The number of thioether (sulfide) groups is 1. The minimum atomic E-state index is -0.137. The number of hydrogen-bond donors (Lipinski definition) is 1. The van der Waals surface area contributed by atoms with E-state index in [1.54, 1.807) is 33.5 Å². The predicted molar refractivity (Wildman–Crippen MR) is 139 cm³/mol. The van der Waals surface area contributed by atoms with E-state index in [2.05, 4.69) is 57.3 Å². The summed E-state index contributed by atoms with van der Waals surface area (Å²) < 4.78 is 4.22. The number of benzene rings is 2. The van der Waals surface area contributed by atoms with Gasteiger partial charge in [0.25, 0.3) is 5.56 Å². The Kier molecular flexibility index (Phi) is 7.84. The third kappa shape index (κ3) is 6.15. The van der Waals surface area contributed by atoms with Gasteiger partial charge in [-0.2, -0.15) is 5.10 Å². The van der Waals surface area contributed by atoms with Gasteiger partial charge in [-0.25, -0.2) is 9.67 Å². The first-order valence-electron chi connectivity index (χ1n) is 11.1. The van der Waals surface area contributed by atoms with Gasteiger partial charge in [0, 0.05) is 21.2 Å². The Morgan fingerprint density at radius 1 is 1.09 bits per heavy atom. The van der Waals surface area contributed by atoms with Gasteiger partial charge in [0.15, 0.2) is 5.65 Å². The first-order valence-corrected chi connectivity index (χ1v) is 12.7. The average Bonchev–Trinajstić information content (AvgIpc) is 3.22. The number of fused-ring (bicyclic) bond motifs is 1. The highest BCUT2D eigenvalue weighted by Gasteiger charge is 2.11. The average molecular weight is 540 g/mol. The normalized spacial score (nSPS) is 11.3. The van der Waals surface area contributed by atoms with Crippen molar-refractivity contribution in [2.45, 2.75) is 43.5 Å². The molecule has 0 spiro atoms. The smallest absolute Gasteiger partial charge is 0.264 e. The van der Waals surface area contributed by atoms with Crippen LogP contribution in [0.1, 0.15) is 25.0 Å². The summed E-state index contributed by atoms with van der Waals surface area (Å²) in [6.45, 7) is 5.59. The molecule has 0 aliphatic carbocycles. The molecule has 34 heavy (non-hydrogen) atoms. The van der Waals surface area contributed by atoms with Gasteiger partial charge < -0.3 is 5.32 Å². The minimum absolute atomic E-state index is 0.0504.